The van der Waals surface area contributed by atoms with Crippen LogP contribution in [0.2, 0.25) is 24.7 Å². The molecular weight excluding hydrogens is 128 g/mol. The lowest BCUT2D eigenvalue weighted by molar-refractivity contribution is -0.108. The lowest BCUT2D eigenvalue weighted by Gasteiger charge is -2.22. The summed E-state index contributed by atoms with van der Waals surface area (Å²) in [6.45, 7) is 6.82. The molecular formula is C7H14OSi. The van der Waals surface area contributed by atoms with Crippen LogP contribution in [0.3, 0.4) is 0 Å². The Balaban J connectivity index is 2.71. The van der Waals surface area contributed by atoms with E-state index in [2.05, 4.69) is 19.6 Å². The van der Waals surface area contributed by atoms with E-state index in [9.17, 15) is 4.79 Å². The van der Waals surface area contributed by atoms with Crippen LogP contribution in [0.25, 0.3) is 0 Å². The molecule has 9 heavy (non-hydrogen) atoms. The molecule has 0 spiro atoms. The molecule has 0 unspecified atom stereocenters. The van der Waals surface area contributed by atoms with Crippen LogP contribution in [-0.2, 0) is 4.79 Å². The molecule has 0 bridgehead atoms. The van der Waals surface area contributed by atoms with Gasteiger partial charge in [0.05, 0.1) is 8.07 Å². The summed E-state index contributed by atoms with van der Waals surface area (Å²) in [5.41, 5.74) is 0. The third-order valence-corrected chi connectivity index (χ3v) is 6.11. The second-order valence-electron chi connectivity index (χ2n) is 4.02. The topological polar surface area (TPSA) is 17.1 Å². The Morgan fingerprint density at radius 1 is 1.33 bits per heavy atom. The third kappa shape index (κ3) is 0.958. The molecule has 0 aliphatic heterocycles. The van der Waals surface area contributed by atoms with E-state index in [4.69, 9.17) is 0 Å². The van der Waals surface area contributed by atoms with Crippen molar-refractivity contribution in [2.24, 2.45) is 0 Å². The van der Waals surface area contributed by atoms with Gasteiger partial charge in [-0.25, -0.2) is 0 Å². The molecule has 1 aliphatic carbocycles. The lowest BCUT2D eigenvalue weighted by Crippen LogP contribution is -2.30. The maximum Gasteiger partial charge on any atom is 0.123 e. The van der Waals surface area contributed by atoms with Gasteiger partial charge in [0.25, 0.3) is 0 Å². The fourth-order valence-electron chi connectivity index (χ4n) is 1.18. The van der Waals surface area contributed by atoms with Crippen LogP contribution in [0.15, 0.2) is 0 Å². The molecule has 1 saturated carbocycles. The summed E-state index contributed by atoms with van der Waals surface area (Å²) < 4.78 is 0. The Hall–Kier alpha value is -0.113. The summed E-state index contributed by atoms with van der Waals surface area (Å²) in [6.07, 6.45) is 3.51. The van der Waals surface area contributed by atoms with Crippen molar-refractivity contribution in [2.75, 3.05) is 0 Å². The zero-order valence-electron chi connectivity index (χ0n) is 6.40. The second kappa shape index (κ2) is 1.69. The van der Waals surface area contributed by atoms with Gasteiger partial charge in [0.1, 0.15) is 6.29 Å². The van der Waals surface area contributed by atoms with Gasteiger partial charge in [0.2, 0.25) is 0 Å². The molecule has 2 heteroatoms. The summed E-state index contributed by atoms with van der Waals surface area (Å²) in [5, 5.41) is 0.188. The van der Waals surface area contributed by atoms with Crippen LogP contribution in [0.4, 0.5) is 0 Å². The van der Waals surface area contributed by atoms with Crippen molar-refractivity contribution in [1.82, 2.24) is 0 Å². The van der Waals surface area contributed by atoms with E-state index >= 15 is 0 Å². The molecule has 0 heterocycles. The van der Waals surface area contributed by atoms with E-state index in [0.717, 1.165) is 12.8 Å². The lowest BCUT2D eigenvalue weighted by atomic mass is 10.5. The Labute approximate surface area is 57.5 Å². The highest BCUT2D eigenvalue weighted by molar-refractivity contribution is 6.82. The first-order valence-corrected chi connectivity index (χ1v) is 6.98. The van der Waals surface area contributed by atoms with E-state index < -0.39 is 8.07 Å². The first-order chi connectivity index (χ1) is 4.02. The van der Waals surface area contributed by atoms with Gasteiger partial charge in [-0.3, -0.25) is 0 Å². The van der Waals surface area contributed by atoms with Gasteiger partial charge in [-0.05, 0) is 12.8 Å². The van der Waals surface area contributed by atoms with Crippen molar-refractivity contribution in [3.63, 3.8) is 0 Å². The van der Waals surface area contributed by atoms with Crippen LogP contribution in [0, 0.1) is 0 Å². The summed E-state index contributed by atoms with van der Waals surface area (Å²) in [5.74, 6) is 0. The molecule has 52 valence electrons. The number of carbonyl (C=O) groups is 1. The third-order valence-electron chi connectivity index (χ3n) is 2.51. The van der Waals surface area contributed by atoms with Crippen molar-refractivity contribution in [3.05, 3.63) is 0 Å². The highest BCUT2D eigenvalue weighted by atomic mass is 28.3. The van der Waals surface area contributed by atoms with Gasteiger partial charge < -0.3 is 4.79 Å². The van der Waals surface area contributed by atoms with Crippen LogP contribution in [-0.4, -0.2) is 14.4 Å². The summed E-state index contributed by atoms with van der Waals surface area (Å²) >= 11 is 0. The predicted molar refractivity (Wildman–Crippen MR) is 41.3 cm³/mol. The smallest absolute Gasteiger partial charge is 0.123 e. The first kappa shape index (κ1) is 7.00. The Morgan fingerprint density at radius 3 is 1.78 bits per heavy atom. The normalized spacial score (nSPS) is 23.4. The highest BCUT2D eigenvalue weighted by Gasteiger charge is 2.52. The van der Waals surface area contributed by atoms with Crippen molar-refractivity contribution in [2.45, 2.75) is 37.5 Å². The Kier molecular flexibility index (Phi) is 1.31. The number of rotatable bonds is 2. The number of hydrogen-bond acceptors (Lipinski definition) is 1. The van der Waals surface area contributed by atoms with Crippen molar-refractivity contribution >= 4 is 14.4 Å². The molecule has 0 saturated heterocycles. The quantitative estimate of drug-likeness (QED) is 0.426. The molecule has 1 nitrogen and oxygen atoms in total. The largest absolute Gasteiger partial charge is 0.303 e. The molecule has 1 aliphatic rings. The van der Waals surface area contributed by atoms with E-state index in [1.54, 1.807) is 0 Å². The molecule has 1 fully saturated rings. The molecule has 1 rings (SSSR count). The Morgan fingerprint density at radius 2 is 1.78 bits per heavy atom. The number of carbonyl (C=O) groups excluding carboxylic acids is 1. The average Bonchev–Trinajstić information content (AvgIpc) is 2.40. The molecule has 0 amide bonds. The summed E-state index contributed by atoms with van der Waals surface area (Å²) in [7, 11) is -1.14. The summed E-state index contributed by atoms with van der Waals surface area (Å²) in [6, 6.07) is 0. The molecule has 0 aromatic rings. The molecule has 0 N–H and O–H groups in total. The van der Waals surface area contributed by atoms with Crippen molar-refractivity contribution in [3.8, 4) is 0 Å². The number of hydrogen-bond donors (Lipinski definition) is 0. The molecule has 0 radical (unpaired) electrons. The van der Waals surface area contributed by atoms with Gasteiger partial charge in [0, 0.05) is 5.04 Å². The van der Waals surface area contributed by atoms with Gasteiger partial charge in [-0.15, -0.1) is 0 Å². The average molecular weight is 142 g/mol. The van der Waals surface area contributed by atoms with E-state index in [-0.39, 0.29) is 5.04 Å². The highest BCUT2D eigenvalue weighted by Crippen LogP contribution is 2.58. The fraction of sp³-hybridized carbons (Fsp3) is 0.857. The minimum Gasteiger partial charge on any atom is -0.303 e. The van der Waals surface area contributed by atoms with Gasteiger partial charge >= 0.3 is 0 Å². The van der Waals surface area contributed by atoms with Gasteiger partial charge in [0.15, 0.2) is 0 Å². The first-order valence-electron chi connectivity index (χ1n) is 3.48. The van der Waals surface area contributed by atoms with Gasteiger partial charge in [-0.1, -0.05) is 19.6 Å². The minimum atomic E-state index is -1.14. The maximum atomic E-state index is 10.6. The minimum absolute atomic E-state index is 0.188. The standard InChI is InChI=1S/C7H14OSi/c1-9(2,3)7(6-8)4-5-7/h6H,4-5H2,1-3H3. The fourth-order valence-corrected chi connectivity index (χ4v) is 3.16. The van der Waals surface area contributed by atoms with Crippen LogP contribution in [0.5, 0.6) is 0 Å². The zero-order chi connectivity index (χ0) is 7.12. The zero-order valence-corrected chi connectivity index (χ0v) is 7.40. The van der Waals surface area contributed by atoms with E-state index in [1.807, 2.05) is 0 Å². The van der Waals surface area contributed by atoms with E-state index in [0.29, 0.717) is 0 Å². The SMILES string of the molecule is C[Si](C)(C)C1(C=O)CC1. The van der Waals surface area contributed by atoms with Crippen LogP contribution >= 0.6 is 0 Å². The maximum absolute atomic E-state index is 10.6. The monoisotopic (exact) mass is 142 g/mol. The predicted octanol–water partition coefficient (Wildman–Crippen LogP) is 2.06. The molecule has 0 aromatic heterocycles. The molecule has 0 atom stereocenters. The Bertz CT molecular complexity index is 130. The van der Waals surface area contributed by atoms with Crippen LogP contribution < -0.4 is 0 Å². The van der Waals surface area contributed by atoms with Crippen LogP contribution in [0.1, 0.15) is 12.8 Å². The second-order valence-corrected chi connectivity index (χ2v) is 9.52. The van der Waals surface area contributed by atoms with Gasteiger partial charge in [-0.2, -0.15) is 0 Å². The van der Waals surface area contributed by atoms with Crippen molar-refractivity contribution in [1.29, 1.82) is 0 Å². The van der Waals surface area contributed by atoms with Crippen molar-refractivity contribution < 1.29 is 4.79 Å². The summed E-state index contributed by atoms with van der Waals surface area (Å²) in [4.78, 5) is 10.6. The van der Waals surface area contributed by atoms with E-state index in [1.165, 1.54) is 6.29 Å². The molecule has 0 aromatic carbocycles. The number of aldehydes is 1.